The van der Waals surface area contributed by atoms with Crippen LogP contribution in [0.15, 0.2) is 24.3 Å². The van der Waals surface area contributed by atoms with E-state index in [-0.39, 0.29) is 17.5 Å². The maximum absolute atomic E-state index is 12.6. The van der Waals surface area contributed by atoms with Gasteiger partial charge in [0, 0.05) is 6.54 Å². The fourth-order valence-electron chi connectivity index (χ4n) is 2.70. The van der Waals surface area contributed by atoms with Gasteiger partial charge < -0.3 is 10.1 Å². The molecule has 0 radical (unpaired) electrons. The molecule has 1 aliphatic heterocycles. The van der Waals surface area contributed by atoms with Crippen molar-refractivity contribution >= 4 is 35.5 Å². The molecule has 0 aromatic heterocycles. The van der Waals surface area contributed by atoms with E-state index in [0.717, 1.165) is 4.90 Å². The fraction of sp³-hybridized carbons (Fsp3) is 0.444. The smallest absolute Gasteiger partial charge is 0.330 e. The molecule has 1 aromatic carbocycles. The molecule has 3 amide bonds. The quantitative estimate of drug-likeness (QED) is 0.544. The first-order valence-corrected chi connectivity index (χ1v) is 9.75. The first kappa shape index (κ1) is 20.0. The van der Waals surface area contributed by atoms with Crippen LogP contribution >= 0.6 is 11.8 Å². The summed E-state index contributed by atoms with van der Waals surface area (Å²) in [4.78, 5) is 50.7. The van der Waals surface area contributed by atoms with Gasteiger partial charge in [0.2, 0.25) is 0 Å². The lowest BCUT2D eigenvalue weighted by molar-refractivity contribution is -0.158. The number of carbonyl (C=O) groups is 4. The number of amides is 3. The fourth-order valence-corrected chi connectivity index (χ4v) is 3.16. The number of fused-ring (bicyclic) bond motifs is 1. The highest BCUT2D eigenvalue weighted by molar-refractivity contribution is 7.98. The molecular formula is C18H22N2O5S. The molecule has 1 N–H and O–H groups in total. The second kappa shape index (κ2) is 8.84. The van der Waals surface area contributed by atoms with Gasteiger partial charge in [-0.15, -0.1) is 0 Å². The molecular weight excluding hydrogens is 356 g/mol. The molecule has 0 unspecified atom stereocenters. The summed E-state index contributed by atoms with van der Waals surface area (Å²) in [6.07, 6.45) is 1.12. The highest BCUT2D eigenvalue weighted by Gasteiger charge is 2.43. The lowest BCUT2D eigenvalue weighted by atomic mass is 10.1. The van der Waals surface area contributed by atoms with Crippen molar-refractivity contribution in [3.8, 4) is 0 Å². The van der Waals surface area contributed by atoms with E-state index >= 15 is 0 Å². The molecule has 26 heavy (non-hydrogen) atoms. The van der Waals surface area contributed by atoms with Gasteiger partial charge in [0.25, 0.3) is 17.7 Å². The molecule has 2 rings (SSSR count). The largest absolute Gasteiger partial charge is 0.451 e. The molecule has 7 nitrogen and oxygen atoms in total. The third kappa shape index (κ3) is 4.07. The number of nitrogens with one attached hydrogen (secondary N) is 1. The standard InChI is InChI=1S/C18H22N2O5S/c1-4-19-15(21)11(2)25-18(24)14(9-10-26-3)20-16(22)12-7-5-6-8-13(12)17(20)23/h5-8,11,14H,4,9-10H2,1-3H3,(H,19,21)/t11-,14-/m1/s1. The van der Waals surface area contributed by atoms with Crippen molar-refractivity contribution < 1.29 is 23.9 Å². The van der Waals surface area contributed by atoms with Crippen LogP contribution in [-0.2, 0) is 14.3 Å². The Morgan fingerprint density at radius 3 is 2.27 bits per heavy atom. The van der Waals surface area contributed by atoms with Gasteiger partial charge in [-0.3, -0.25) is 19.3 Å². The molecule has 0 spiro atoms. The molecule has 1 heterocycles. The van der Waals surface area contributed by atoms with Gasteiger partial charge in [-0.2, -0.15) is 11.8 Å². The molecule has 0 saturated heterocycles. The van der Waals surface area contributed by atoms with Crippen LogP contribution < -0.4 is 5.32 Å². The predicted octanol–water partition coefficient (Wildman–Crippen LogP) is 1.47. The number of hydrogen-bond acceptors (Lipinski definition) is 6. The van der Waals surface area contributed by atoms with Gasteiger partial charge in [-0.25, -0.2) is 4.79 Å². The van der Waals surface area contributed by atoms with E-state index in [2.05, 4.69) is 5.32 Å². The number of ether oxygens (including phenoxy) is 1. The second-order valence-electron chi connectivity index (χ2n) is 5.80. The Bertz CT molecular complexity index is 686. The molecule has 0 aliphatic carbocycles. The normalized spacial score (nSPS) is 15.4. The average Bonchev–Trinajstić information content (AvgIpc) is 2.87. The van der Waals surface area contributed by atoms with Gasteiger partial charge in [0.05, 0.1) is 11.1 Å². The van der Waals surface area contributed by atoms with Crippen molar-refractivity contribution in [1.29, 1.82) is 0 Å². The van der Waals surface area contributed by atoms with Crippen molar-refractivity contribution in [2.45, 2.75) is 32.4 Å². The van der Waals surface area contributed by atoms with Crippen LogP contribution in [-0.4, -0.2) is 59.3 Å². The molecule has 8 heteroatoms. The minimum absolute atomic E-state index is 0.258. The average molecular weight is 378 g/mol. The minimum Gasteiger partial charge on any atom is -0.451 e. The number of rotatable bonds is 8. The van der Waals surface area contributed by atoms with Crippen LogP contribution in [0.3, 0.4) is 0 Å². The maximum atomic E-state index is 12.6. The summed E-state index contributed by atoms with van der Waals surface area (Å²) in [7, 11) is 0. The van der Waals surface area contributed by atoms with E-state index in [9.17, 15) is 19.2 Å². The third-order valence-corrected chi connectivity index (χ3v) is 4.66. The number of thioether (sulfide) groups is 1. The Hall–Kier alpha value is -2.35. The van der Waals surface area contributed by atoms with Crippen molar-refractivity contribution in [2.75, 3.05) is 18.6 Å². The van der Waals surface area contributed by atoms with E-state index in [0.29, 0.717) is 12.3 Å². The summed E-state index contributed by atoms with van der Waals surface area (Å²) in [5, 5.41) is 2.57. The van der Waals surface area contributed by atoms with E-state index in [1.807, 2.05) is 6.26 Å². The zero-order valence-electron chi connectivity index (χ0n) is 15.0. The van der Waals surface area contributed by atoms with Crippen molar-refractivity contribution in [1.82, 2.24) is 10.2 Å². The second-order valence-corrected chi connectivity index (χ2v) is 6.78. The first-order chi connectivity index (χ1) is 12.4. The Morgan fingerprint density at radius 1 is 1.19 bits per heavy atom. The lowest BCUT2D eigenvalue weighted by Gasteiger charge is -2.25. The number of benzene rings is 1. The SMILES string of the molecule is CCNC(=O)[C@@H](C)OC(=O)[C@@H](CCSC)N1C(=O)c2ccccc2C1=O. The number of imide groups is 1. The summed E-state index contributed by atoms with van der Waals surface area (Å²) >= 11 is 1.49. The topological polar surface area (TPSA) is 92.8 Å². The van der Waals surface area contributed by atoms with Crippen molar-refractivity contribution in [3.05, 3.63) is 35.4 Å². The van der Waals surface area contributed by atoms with Gasteiger partial charge in [-0.1, -0.05) is 12.1 Å². The molecule has 1 aromatic rings. The van der Waals surface area contributed by atoms with Gasteiger partial charge >= 0.3 is 5.97 Å². The minimum atomic E-state index is -1.06. The molecule has 0 fully saturated rings. The molecule has 0 bridgehead atoms. The summed E-state index contributed by atoms with van der Waals surface area (Å²) in [5.74, 6) is -1.65. The Balaban J connectivity index is 2.22. The van der Waals surface area contributed by atoms with Crippen LogP contribution in [0, 0.1) is 0 Å². The summed E-state index contributed by atoms with van der Waals surface area (Å²) in [5.41, 5.74) is 0.549. The summed E-state index contributed by atoms with van der Waals surface area (Å²) in [6.45, 7) is 3.62. The zero-order valence-corrected chi connectivity index (χ0v) is 15.8. The van der Waals surface area contributed by atoms with Crippen LogP contribution in [0.1, 0.15) is 41.0 Å². The monoisotopic (exact) mass is 378 g/mol. The summed E-state index contributed by atoms with van der Waals surface area (Å²) in [6, 6.07) is 5.39. The van der Waals surface area contributed by atoms with Crippen LogP contribution in [0.4, 0.5) is 0 Å². The highest BCUT2D eigenvalue weighted by atomic mass is 32.2. The molecule has 2 atom stereocenters. The van der Waals surface area contributed by atoms with Crippen molar-refractivity contribution in [3.63, 3.8) is 0 Å². The predicted molar refractivity (Wildman–Crippen MR) is 98.0 cm³/mol. The molecule has 140 valence electrons. The van der Waals surface area contributed by atoms with Gasteiger partial charge in [0.1, 0.15) is 6.04 Å². The maximum Gasteiger partial charge on any atom is 0.330 e. The number of hydrogen-bond donors (Lipinski definition) is 1. The Morgan fingerprint density at radius 2 is 1.77 bits per heavy atom. The van der Waals surface area contributed by atoms with E-state index in [1.165, 1.54) is 18.7 Å². The summed E-state index contributed by atoms with van der Waals surface area (Å²) < 4.78 is 5.23. The van der Waals surface area contributed by atoms with Gasteiger partial charge in [-0.05, 0) is 44.4 Å². The first-order valence-electron chi connectivity index (χ1n) is 8.36. The number of carbonyl (C=O) groups excluding carboxylic acids is 4. The zero-order chi connectivity index (χ0) is 19.3. The number of nitrogens with zero attached hydrogens (tertiary/aromatic N) is 1. The Kier molecular flexibility index (Phi) is 6.79. The Labute approximate surface area is 156 Å². The van der Waals surface area contributed by atoms with Crippen molar-refractivity contribution in [2.24, 2.45) is 0 Å². The lowest BCUT2D eigenvalue weighted by Crippen LogP contribution is -2.48. The molecule has 0 saturated carbocycles. The van der Waals surface area contributed by atoms with E-state index in [4.69, 9.17) is 4.74 Å². The van der Waals surface area contributed by atoms with Crippen LogP contribution in [0.2, 0.25) is 0 Å². The van der Waals surface area contributed by atoms with E-state index in [1.54, 1.807) is 31.2 Å². The number of esters is 1. The van der Waals surface area contributed by atoms with Crippen LogP contribution in [0.25, 0.3) is 0 Å². The highest BCUT2D eigenvalue weighted by Crippen LogP contribution is 2.26. The van der Waals surface area contributed by atoms with Crippen LogP contribution in [0.5, 0.6) is 0 Å². The van der Waals surface area contributed by atoms with E-state index < -0.39 is 35.8 Å². The number of likely N-dealkylation sites (N-methyl/N-ethyl adjacent to an activating group) is 1. The third-order valence-electron chi connectivity index (χ3n) is 4.02. The van der Waals surface area contributed by atoms with Gasteiger partial charge in [0.15, 0.2) is 6.10 Å². The molecule has 1 aliphatic rings.